The molecule has 206 valence electrons. The van der Waals surface area contributed by atoms with Crippen LogP contribution in [0.15, 0.2) is 23.0 Å². The number of rotatable bonds is 5. The number of fused-ring (bicyclic) bond motifs is 1. The van der Waals surface area contributed by atoms with Crippen LogP contribution in [-0.2, 0) is 16.6 Å². The molecular weight excluding hydrogens is 480 g/mol. The summed E-state index contributed by atoms with van der Waals surface area (Å²) in [7, 11) is 1.76. The molecule has 9 nitrogen and oxygen atoms in total. The summed E-state index contributed by atoms with van der Waals surface area (Å²) in [5.41, 5.74) is 2.47. The van der Waals surface area contributed by atoms with E-state index in [1.165, 1.54) is 64.6 Å². The Morgan fingerprint density at radius 1 is 0.842 bits per heavy atom. The summed E-state index contributed by atoms with van der Waals surface area (Å²) >= 11 is 0. The van der Waals surface area contributed by atoms with Crippen molar-refractivity contribution in [1.82, 2.24) is 24.3 Å². The van der Waals surface area contributed by atoms with E-state index in [-0.39, 0.29) is 18.0 Å². The van der Waals surface area contributed by atoms with Crippen LogP contribution in [0.4, 0.5) is 5.69 Å². The van der Waals surface area contributed by atoms with Gasteiger partial charge in [-0.3, -0.25) is 28.9 Å². The molecular formula is C29H42N6O3. The van der Waals surface area contributed by atoms with Crippen LogP contribution in [0.1, 0.15) is 63.8 Å². The highest BCUT2D eigenvalue weighted by molar-refractivity contribution is 6.00. The van der Waals surface area contributed by atoms with Gasteiger partial charge in [-0.25, -0.2) is 4.79 Å². The highest BCUT2D eigenvalue weighted by Crippen LogP contribution is 2.29. The minimum Gasteiger partial charge on any atom is -0.369 e. The normalized spacial score (nSPS) is 25.3. The SMILES string of the molecule is Cn1c(=O)n(C2CCC(=O)NC2=O)c2ccc(N3CCN(C4CCN(CC5CCCCC5)CC4)CC3)cc21. The van der Waals surface area contributed by atoms with E-state index in [9.17, 15) is 14.4 Å². The maximum atomic E-state index is 13.1. The molecule has 9 heteroatoms. The summed E-state index contributed by atoms with van der Waals surface area (Å²) < 4.78 is 3.18. The molecule has 1 saturated carbocycles. The fourth-order valence-electron chi connectivity index (χ4n) is 7.33. The average Bonchev–Trinajstić information content (AvgIpc) is 3.19. The van der Waals surface area contributed by atoms with Gasteiger partial charge < -0.3 is 9.80 Å². The van der Waals surface area contributed by atoms with E-state index >= 15 is 0 Å². The summed E-state index contributed by atoms with van der Waals surface area (Å²) in [6.07, 6.45) is 10.3. The zero-order valence-electron chi connectivity index (χ0n) is 22.7. The van der Waals surface area contributed by atoms with Crippen molar-refractivity contribution in [1.29, 1.82) is 0 Å². The molecule has 4 aliphatic rings. The second kappa shape index (κ2) is 10.8. The first-order valence-electron chi connectivity index (χ1n) is 14.7. The Labute approximate surface area is 224 Å². The Bertz CT molecular complexity index is 1230. The van der Waals surface area contributed by atoms with Gasteiger partial charge >= 0.3 is 5.69 Å². The predicted molar refractivity (Wildman–Crippen MR) is 148 cm³/mol. The number of nitrogens with one attached hydrogen (secondary N) is 1. The van der Waals surface area contributed by atoms with Crippen molar-refractivity contribution in [2.75, 3.05) is 50.7 Å². The number of imide groups is 1. The van der Waals surface area contributed by atoms with Gasteiger partial charge in [0.25, 0.3) is 0 Å². The number of piperidine rings is 2. The molecule has 1 aliphatic carbocycles. The zero-order chi connectivity index (χ0) is 26.2. The van der Waals surface area contributed by atoms with Crippen molar-refractivity contribution in [2.24, 2.45) is 13.0 Å². The van der Waals surface area contributed by atoms with Crippen molar-refractivity contribution in [3.05, 3.63) is 28.7 Å². The maximum absolute atomic E-state index is 13.1. The minimum atomic E-state index is -0.646. The van der Waals surface area contributed by atoms with Crippen molar-refractivity contribution in [3.63, 3.8) is 0 Å². The summed E-state index contributed by atoms with van der Waals surface area (Å²) in [5.74, 6) is 0.267. The van der Waals surface area contributed by atoms with Crippen LogP contribution >= 0.6 is 0 Å². The number of likely N-dealkylation sites (tertiary alicyclic amines) is 1. The van der Waals surface area contributed by atoms with Crippen LogP contribution in [-0.4, -0.2) is 82.6 Å². The topological polar surface area (TPSA) is 82.8 Å². The largest absolute Gasteiger partial charge is 0.369 e. The third kappa shape index (κ3) is 5.02. The number of anilines is 1. The highest BCUT2D eigenvalue weighted by atomic mass is 16.2. The Kier molecular flexibility index (Phi) is 7.31. The van der Waals surface area contributed by atoms with E-state index in [1.807, 2.05) is 6.07 Å². The predicted octanol–water partition coefficient (Wildman–Crippen LogP) is 2.48. The van der Waals surface area contributed by atoms with E-state index in [1.54, 1.807) is 16.2 Å². The molecule has 6 rings (SSSR count). The maximum Gasteiger partial charge on any atom is 0.329 e. The lowest BCUT2D eigenvalue weighted by molar-refractivity contribution is -0.135. The lowest BCUT2D eigenvalue weighted by atomic mass is 9.88. The molecule has 38 heavy (non-hydrogen) atoms. The molecule has 1 aromatic carbocycles. The van der Waals surface area contributed by atoms with Crippen LogP contribution in [0.5, 0.6) is 0 Å². The Balaban J connectivity index is 1.07. The summed E-state index contributed by atoms with van der Waals surface area (Å²) in [5, 5.41) is 2.38. The van der Waals surface area contributed by atoms with E-state index < -0.39 is 11.9 Å². The second-order valence-corrected chi connectivity index (χ2v) is 11.9. The fraction of sp³-hybridized carbons (Fsp3) is 0.690. The number of piperazine rings is 1. The molecule has 4 heterocycles. The third-order valence-electron chi connectivity index (χ3n) is 9.59. The number of aromatic nitrogens is 2. The Hall–Kier alpha value is -2.65. The van der Waals surface area contributed by atoms with Gasteiger partial charge in [0.15, 0.2) is 0 Å². The number of hydrogen-bond acceptors (Lipinski definition) is 6. The Morgan fingerprint density at radius 2 is 1.58 bits per heavy atom. The third-order valence-corrected chi connectivity index (χ3v) is 9.59. The molecule has 0 radical (unpaired) electrons. The summed E-state index contributed by atoms with van der Waals surface area (Å²) in [6.45, 7) is 7.91. The van der Waals surface area contributed by atoms with Crippen LogP contribution in [0.3, 0.4) is 0 Å². The first-order valence-corrected chi connectivity index (χ1v) is 14.7. The molecule has 1 N–H and O–H groups in total. The monoisotopic (exact) mass is 522 g/mol. The quantitative estimate of drug-likeness (QED) is 0.608. The van der Waals surface area contributed by atoms with Crippen molar-refractivity contribution in [3.8, 4) is 0 Å². The van der Waals surface area contributed by atoms with Crippen LogP contribution in [0.2, 0.25) is 0 Å². The minimum absolute atomic E-state index is 0.216. The van der Waals surface area contributed by atoms with Gasteiger partial charge in [0.05, 0.1) is 11.0 Å². The molecule has 0 spiro atoms. The van der Waals surface area contributed by atoms with Gasteiger partial charge in [-0.1, -0.05) is 19.3 Å². The number of hydrogen-bond donors (Lipinski definition) is 1. The van der Waals surface area contributed by atoms with Crippen LogP contribution in [0, 0.1) is 5.92 Å². The van der Waals surface area contributed by atoms with Gasteiger partial charge in [-0.05, 0) is 69.3 Å². The van der Waals surface area contributed by atoms with Gasteiger partial charge in [-0.2, -0.15) is 0 Å². The first-order chi connectivity index (χ1) is 18.5. The standard InChI is InChI=1S/C29H42N6O3/c1-31-26-19-23(7-8-24(26)35(29(31)38)25-9-10-27(36)30-28(25)37)34-17-15-33(16-18-34)22-11-13-32(14-12-22)20-21-5-3-2-4-6-21/h7-8,19,21-22,25H,2-6,9-18,20H2,1H3,(H,30,36,37). The molecule has 2 aromatic rings. The number of imidazole rings is 1. The fourth-order valence-corrected chi connectivity index (χ4v) is 7.33. The lowest BCUT2D eigenvalue weighted by Crippen LogP contribution is -2.53. The molecule has 0 bridgehead atoms. The molecule has 1 atom stereocenters. The summed E-state index contributed by atoms with van der Waals surface area (Å²) in [6, 6.07) is 6.17. The molecule has 1 unspecified atom stereocenters. The van der Waals surface area contributed by atoms with Crippen LogP contribution < -0.4 is 15.9 Å². The number of carbonyl (C=O) groups excluding carboxylic acids is 2. The van der Waals surface area contributed by atoms with Gasteiger partial charge in [-0.15, -0.1) is 0 Å². The molecule has 3 aliphatic heterocycles. The van der Waals surface area contributed by atoms with Crippen molar-refractivity contribution in [2.45, 2.75) is 69.9 Å². The van der Waals surface area contributed by atoms with Gasteiger partial charge in [0, 0.05) is 57.9 Å². The molecule has 4 fully saturated rings. The van der Waals surface area contributed by atoms with Crippen LogP contribution in [0.25, 0.3) is 11.0 Å². The van der Waals surface area contributed by atoms with E-state index in [0.717, 1.165) is 48.8 Å². The Morgan fingerprint density at radius 3 is 2.29 bits per heavy atom. The lowest BCUT2D eigenvalue weighted by Gasteiger charge is -2.44. The van der Waals surface area contributed by atoms with Crippen molar-refractivity contribution >= 4 is 28.5 Å². The van der Waals surface area contributed by atoms with E-state index in [4.69, 9.17) is 0 Å². The van der Waals surface area contributed by atoms with Gasteiger partial charge in [0.2, 0.25) is 11.8 Å². The number of benzene rings is 1. The van der Waals surface area contributed by atoms with E-state index in [0.29, 0.717) is 12.5 Å². The first kappa shape index (κ1) is 25.6. The number of carbonyl (C=O) groups is 2. The second-order valence-electron chi connectivity index (χ2n) is 11.9. The highest BCUT2D eigenvalue weighted by Gasteiger charge is 2.32. The molecule has 1 aromatic heterocycles. The summed E-state index contributed by atoms with van der Waals surface area (Å²) in [4.78, 5) is 45.0. The van der Waals surface area contributed by atoms with E-state index in [2.05, 4.69) is 32.1 Å². The molecule has 3 saturated heterocycles. The zero-order valence-corrected chi connectivity index (χ0v) is 22.7. The van der Waals surface area contributed by atoms with Gasteiger partial charge in [0.1, 0.15) is 6.04 Å². The smallest absolute Gasteiger partial charge is 0.329 e. The number of nitrogens with zero attached hydrogens (tertiary/aromatic N) is 5. The van der Waals surface area contributed by atoms with Crippen molar-refractivity contribution < 1.29 is 9.59 Å². The number of aryl methyl sites for hydroxylation is 1. The average molecular weight is 523 g/mol. The molecule has 2 amide bonds. The number of amides is 2.